The van der Waals surface area contributed by atoms with E-state index in [2.05, 4.69) is 5.92 Å². The van der Waals surface area contributed by atoms with Crippen LogP contribution in [0.5, 0.6) is 0 Å². The van der Waals surface area contributed by atoms with E-state index in [9.17, 15) is 0 Å². The van der Waals surface area contributed by atoms with E-state index in [1.54, 1.807) is 10.6 Å². The highest BCUT2D eigenvalue weighted by Crippen LogP contribution is 2.10. The van der Waals surface area contributed by atoms with Crippen molar-refractivity contribution in [2.75, 3.05) is 0 Å². The van der Waals surface area contributed by atoms with Crippen LogP contribution in [0.15, 0.2) is 18.3 Å². The van der Waals surface area contributed by atoms with Crippen molar-refractivity contribution in [3.8, 4) is 12.3 Å². The van der Waals surface area contributed by atoms with Gasteiger partial charge < -0.3 is 9.67 Å². The van der Waals surface area contributed by atoms with Crippen LogP contribution < -0.4 is 0 Å². The highest BCUT2D eigenvalue weighted by atomic mass is 16.3. The van der Waals surface area contributed by atoms with Crippen LogP contribution in [-0.2, 0) is 7.05 Å². The number of aromatic nitrogens is 1. The maximum Gasteiger partial charge on any atom is 0.154 e. The van der Waals surface area contributed by atoms with Crippen LogP contribution in [0.2, 0.25) is 0 Å². The maximum atomic E-state index is 9.14. The van der Waals surface area contributed by atoms with Gasteiger partial charge >= 0.3 is 0 Å². The van der Waals surface area contributed by atoms with Gasteiger partial charge in [-0.1, -0.05) is 5.92 Å². The van der Waals surface area contributed by atoms with Crippen molar-refractivity contribution >= 4 is 0 Å². The molecule has 0 saturated carbocycles. The van der Waals surface area contributed by atoms with Crippen molar-refractivity contribution in [3.63, 3.8) is 0 Å². The third-order valence-electron chi connectivity index (χ3n) is 1.42. The molecule has 1 aromatic rings. The molecule has 0 aliphatic rings. The predicted octanol–water partition coefficient (Wildman–Crippen LogP) is 0.692. The normalized spacial score (nSPS) is 12.5. The van der Waals surface area contributed by atoms with Gasteiger partial charge in [0.1, 0.15) is 0 Å². The van der Waals surface area contributed by atoms with Gasteiger partial charge in [0.15, 0.2) is 6.10 Å². The zero-order chi connectivity index (χ0) is 7.56. The number of terminal acetylenes is 1. The summed E-state index contributed by atoms with van der Waals surface area (Å²) in [5.74, 6) is 2.24. The summed E-state index contributed by atoms with van der Waals surface area (Å²) in [6.07, 6.45) is 6.08. The molecule has 1 atom stereocenters. The van der Waals surface area contributed by atoms with Gasteiger partial charge in [0.2, 0.25) is 0 Å². The molecule has 0 aliphatic carbocycles. The third-order valence-corrected chi connectivity index (χ3v) is 1.42. The van der Waals surface area contributed by atoms with E-state index in [4.69, 9.17) is 11.5 Å². The molecule has 10 heavy (non-hydrogen) atoms. The van der Waals surface area contributed by atoms with Crippen molar-refractivity contribution in [1.29, 1.82) is 0 Å². The monoisotopic (exact) mass is 135 g/mol. The Morgan fingerprint density at radius 2 is 2.50 bits per heavy atom. The van der Waals surface area contributed by atoms with Crippen LogP contribution in [-0.4, -0.2) is 9.67 Å². The molecule has 0 bridgehead atoms. The Kier molecular flexibility index (Phi) is 1.79. The lowest BCUT2D eigenvalue weighted by atomic mass is 10.3. The first-order chi connectivity index (χ1) is 4.75. The van der Waals surface area contributed by atoms with Crippen molar-refractivity contribution in [1.82, 2.24) is 4.57 Å². The number of rotatable bonds is 1. The van der Waals surface area contributed by atoms with Crippen LogP contribution in [0.3, 0.4) is 0 Å². The first kappa shape index (κ1) is 6.91. The van der Waals surface area contributed by atoms with E-state index in [0.717, 1.165) is 5.69 Å². The Bertz CT molecular complexity index is 256. The maximum absolute atomic E-state index is 9.14. The summed E-state index contributed by atoms with van der Waals surface area (Å²) in [5.41, 5.74) is 0.752. The summed E-state index contributed by atoms with van der Waals surface area (Å²) in [4.78, 5) is 0. The fraction of sp³-hybridized carbons (Fsp3) is 0.250. The number of nitrogens with zero attached hydrogens (tertiary/aromatic N) is 1. The minimum Gasteiger partial charge on any atom is -0.375 e. The molecule has 1 N–H and O–H groups in total. The fourth-order valence-electron chi connectivity index (χ4n) is 0.844. The predicted molar refractivity (Wildman–Crippen MR) is 39.2 cm³/mol. The number of hydrogen-bond donors (Lipinski definition) is 1. The summed E-state index contributed by atoms with van der Waals surface area (Å²) < 4.78 is 1.80. The molecular weight excluding hydrogens is 126 g/mol. The first-order valence-corrected chi connectivity index (χ1v) is 3.01. The molecule has 52 valence electrons. The Balaban J connectivity index is 2.96. The van der Waals surface area contributed by atoms with Crippen LogP contribution in [0, 0.1) is 12.3 Å². The minimum absolute atomic E-state index is 0.752. The average molecular weight is 135 g/mol. The van der Waals surface area contributed by atoms with Crippen molar-refractivity contribution < 1.29 is 5.11 Å². The molecule has 0 amide bonds. The van der Waals surface area contributed by atoms with Crippen LogP contribution in [0.25, 0.3) is 0 Å². The van der Waals surface area contributed by atoms with Crippen molar-refractivity contribution in [2.24, 2.45) is 7.05 Å². The second kappa shape index (κ2) is 2.59. The second-order valence-electron chi connectivity index (χ2n) is 2.11. The van der Waals surface area contributed by atoms with Gasteiger partial charge in [0.05, 0.1) is 5.69 Å². The fourth-order valence-corrected chi connectivity index (χ4v) is 0.844. The molecule has 0 saturated heterocycles. The molecule has 0 aromatic carbocycles. The van der Waals surface area contributed by atoms with Gasteiger partial charge in [-0.05, 0) is 12.1 Å². The summed E-state index contributed by atoms with van der Waals surface area (Å²) in [7, 11) is 1.84. The highest BCUT2D eigenvalue weighted by molar-refractivity contribution is 5.17. The Hall–Kier alpha value is -1.20. The van der Waals surface area contributed by atoms with Gasteiger partial charge in [0.25, 0.3) is 0 Å². The zero-order valence-corrected chi connectivity index (χ0v) is 5.78. The molecule has 1 rings (SSSR count). The molecule has 0 fully saturated rings. The van der Waals surface area contributed by atoms with E-state index in [0.29, 0.717) is 0 Å². The molecule has 0 aliphatic heterocycles. The summed E-state index contributed by atoms with van der Waals surface area (Å²) in [6.45, 7) is 0. The summed E-state index contributed by atoms with van der Waals surface area (Å²) in [6, 6.07) is 3.64. The topological polar surface area (TPSA) is 25.2 Å². The van der Waals surface area contributed by atoms with Crippen molar-refractivity contribution in [3.05, 3.63) is 24.0 Å². The number of aryl methyl sites for hydroxylation is 1. The first-order valence-electron chi connectivity index (χ1n) is 3.01. The van der Waals surface area contributed by atoms with E-state index in [-0.39, 0.29) is 0 Å². The van der Waals surface area contributed by atoms with E-state index in [1.807, 2.05) is 19.3 Å². The number of hydrogen-bond acceptors (Lipinski definition) is 1. The van der Waals surface area contributed by atoms with Crippen LogP contribution in [0.1, 0.15) is 11.8 Å². The number of aliphatic hydroxyl groups is 1. The Morgan fingerprint density at radius 3 is 2.90 bits per heavy atom. The molecule has 1 unspecified atom stereocenters. The molecule has 0 spiro atoms. The van der Waals surface area contributed by atoms with Crippen molar-refractivity contribution in [2.45, 2.75) is 6.10 Å². The zero-order valence-electron chi connectivity index (χ0n) is 5.78. The summed E-state index contributed by atoms with van der Waals surface area (Å²) in [5, 5.41) is 9.14. The third kappa shape index (κ3) is 1.04. The molecule has 1 heterocycles. The molecule has 1 aromatic heterocycles. The van der Waals surface area contributed by atoms with Gasteiger partial charge in [-0.25, -0.2) is 0 Å². The second-order valence-corrected chi connectivity index (χ2v) is 2.11. The van der Waals surface area contributed by atoms with Gasteiger partial charge in [-0.2, -0.15) is 0 Å². The lowest BCUT2D eigenvalue weighted by molar-refractivity contribution is 0.229. The highest BCUT2D eigenvalue weighted by Gasteiger charge is 2.04. The SMILES string of the molecule is C#CC(O)c1cccn1C. The van der Waals surface area contributed by atoms with Crippen LogP contribution in [0.4, 0.5) is 0 Å². The van der Waals surface area contributed by atoms with Crippen LogP contribution >= 0.6 is 0 Å². The number of aliphatic hydroxyl groups excluding tert-OH is 1. The lowest BCUT2D eigenvalue weighted by Crippen LogP contribution is -2.00. The standard InChI is InChI=1S/C8H9NO/c1-3-8(10)7-5-4-6-9(7)2/h1,4-6,8,10H,2H3. The molecular formula is C8H9NO. The molecule has 0 radical (unpaired) electrons. The van der Waals surface area contributed by atoms with Gasteiger partial charge in [-0.3, -0.25) is 0 Å². The molecule has 2 nitrogen and oxygen atoms in total. The lowest BCUT2D eigenvalue weighted by Gasteiger charge is -2.03. The largest absolute Gasteiger partial charge is 0.375 e. The average Bonchev–Trinajstić information content (AvgIpc) is 2.34. The Labute approximate surface area is 60.1 Å². The Morgan fingerprint density at radius 1 is 1.80 bits per heavy atom. The van der Waals surface area contributed by atoms with E-state index < -0.39 is 6.10 Å². The molecule has 2 heteroatoms. The van der Waals surface area contributed by atoms with Gasteiger partial charge in [-0.15, -0.1) is 6.42 Å². The smallest absolute Gasteiger partial charge is 0.154 e. The van der Waals surface area contributed by atoms with E-state index in [1.165, 1.54) is 0 Å². The van der Waals surface area contributed by atoms with E-state index >= 15 is 0 Å². The quantitative estimate of drug-likeness (QED) is 0.563. The van der Waals surface area contributed by atoms with Gasteiger partial charge in [0, 0.05) is 13.2 Å². The minimum atomic E-state index is -0.778. The summed E-state index contributed by atoms with van der Waals surface area (Å²) >= 11 is 0.